The van der Waals surface area contributed by atoms with E-state index in [1.54, 1.807) is 30.3 Å². The maximum Gasteiger partial charge on any atom is 0.246 e. The molecule has 0 fully saturated rings. The first kappa shape index (κ1) is 21.6. The van der Waals surface area contributed by atoms with Gasteiger partial charge in [-0.2, -0.15) is 0 Å². The number of likely N-dealkylation sites (N-methyl/N-ethyl adjacent to an activating group) is 1. The van der Waals surface area contributed by atoms with E-state index in [1.165, 1.54) is 0 Å². The maximum absolute atomic E-state index is 12.6. The van der Waals surface area contributed by atoms with Crippen molar-refractivity contribution in [2.75, 3.05) is 19.0 Å². The summed E-state index contributed by atoms with van der Waals surface area (Å²) in [7, 11) is 1.78. The van der Waals surface area contributed by atoms with Gasteiger partial charge in [-0.1, -0.05) is 32.0 Å². The van der Waals surface area contributed by atoms with Crippen molar-refractivity contribution in [3.05, 3.63) is 58.8 Å². The zero-order valence-corrected chi connectivity index (χ0v) is 18.1. The molecule has 3 rings (SSSR count). The van der Waals surface area contributed by atoms with Crippen LogP contribution >= 0.6 is 0 Å². The zero-order valence-electron chi connectivity index (χ0n) is 18.1. The van der Waals surface area contributed by atoms with Gasteiger partial charge in [0.15, 0.2) is 0 Å². The number of carbonyl (C=O) groups excluding carboxylic acids is 2. The van der Waals surface area contributed by atoms with E-state index >= 15 is 0 Å². The molecule has 2 aromatic rings. The van der Waals surface area contributed by atoms with Crippen LogP contribution in [0.4, 0.5) is 5.82 Å². The molecule has 0 bridgehead atoms. The van der Waals surface area contributed by atoms with Gasteiger partial charge in [-0.15, -0.1) is 0 Å². The Morgan fingerprint density at radius 3 is 2.90 bits per heavy atom. The lowest BCUT2D eigenvalue weighted by Crippen LogP contribution is -2.24. The minimum Gasteiger partial charge on any atom is -0.493 e. The van der Waals surface area contributed by atoms with E-state index in [1.807, 2.05) is 31.2 Å². The molecule has 0 saturated carbocycles. The number of aromatic nitrogens is 1. The van der Waals surface area contributed by atoms with E-state index in [2.05, 4.69) is 24.1 Å². The average Bonchev–Trinajstić information content (AvgIpc) is 2.71. The predicted molar refractivity (Wildman–Crippen MR) is 118 cm³/mol. The van der Waals surface area contributed by atoms with Crippen molar-refractivity contribution in [1.82, 2.24) is 9.88 Å². The first-order valence-corrected chi connectivity index (χ1v) is 10.3. The highest BCUT2D eigenvalue weighted by Crippen LogP contribution is 2.25. The van der Waals surface area contributed by atoms with E-state index in [-0.39, 0.29) is 11.8 Å². The largest absolute Gasteiger partial charge is 0.493 e. The van der Waals surface area contributed by atoms with Crippen molar-refractivity contribution >= 4 is 23.7 Å². The monoisotopic (exact) mass is 407 g/mol. The van der Waals surface area contributed by atoms with Crippen LogP contribution in [0.2, 0.25) is 0 Å². The van der Waals surface area contributed by atoms with E-state index in [9.17, 15) is 9.59 Å². The van der Waals surface area contributed by atoms with E-state index in [0.717, 1.165) is 28.0 Å². The van der Waals surface area contributed by atoms with Crippen LogP contribution in [-0.2, 0) is 22.6 Å². The Kier molecular flexibility index (Phi) is 6.87. The molecular formula is C24H29N3O3. The molecule has 0 unspecified atom stereocenters. The number of para-hydroxylation sites is 1. The van der Waals surface area contributed by atoms with Gasteiger partial charge in [0.2, 0.25) is 11.8 Å². The minimum atomic E-state index is -0.0997. The number of benzene rings is 1. The fourth-order valence-electron chi connectivity index (χ4n) is 3.29. The Morgan fingerprint density at radius 2 is 2.13 bits per heavy atom. The molecular weight excluding hydrogens is 378 g/mol. The first-order chi connectivity index (χ1) is 14.3. The van der Waals surface area contributed by atoms with Gasteiger partial charge in [-0.25, -0.2) is 4.98 Å². The number of ether oxygens (including phenoxy) is 1. The van der Waals surface area contributed by atoms with Crippen LogP contribution in [0, 0.1) is 12.8 Å². The molecule has 1 aliphatic rings. The van der Waals surface area contributed by atoms with Crippen LogP contribution in [0.15, 0.2) is 36.5 Å². The van der Waals surface area contributed by atoms with Gasteiger partial charge in [0.05, 0.1) is 6.61 Å². The lowest BCUT2D eigenvalue weighted by molar-refractivity contribution is -0.125. The molecule has 6 heteroatoms. The molecule has 0 atom stereocenters. The third-order valence-corrected chi connectivity index (χ3v) is 4.92. The number of pyridine rings is 1. The Hall–Kier alpha value is -3.15. The average molecular weight is 408 g/mol. The van der Waals surface area contributed by atoms with Crippen molar-refractivity contribution in [2.24, 2.45) is 5.92 Å². The van der Waals surface area contributed by atoms with Crippen LogP contribution in [0.3, 0.4) is 0 Å². The number of fused-ring (bicyclic) bond motifs is 1. The number of rotatable bonds is 7. The molecule has 6 nitrogen and oxygen atoms in total. The second-order valence-electron chi connectivity index (χ2n) is 8.12. The van der Waals surface area contributed by atoms with E-state index in [4.69, 9.17) is 4.74 Å². The normalized spacial score (nSPS) is 13.3. The summed E-state index contributed by atoms with van der Waals surface area (Å²) in [5, 5.41) is 2.76. The van der Waals surface area contributed by atoms with Crippen LogP contribution in [-0.4, -0.2) is 35.4 Å². The molecule has 0 spiro atoms. The van der Waals surface area contributed by atoms with Gasteiger partial charge in [0.1, 0.15) is 11.6 Å². The molecule has 1 aromatic heterocycles. The highest BCUT2D eigenvalue weighted by Gasteiger charge is 2.16. The Bertz CT molecular complexity index is 966. The zero-order chi connectivity index (χ0) is 21.7. The third-order valence-electron chi connectivity index (χ3n) is 4.92. The van der Waals surface area contributed by atoms with Crippen LogP contribution in [0.1, 0.15) is 42.5 Å². The van der Waals surface area contributed by atoms with Gasteiger partial charge >= 0.3 is 0 Å². The summed E-state index contributed by atoms with van der Waals surface area (Å²) < 4.78 is 6.01. The SMILES string of the molecule is Cc1cccc(CN(C)C(=O)/C=C/c2cnc3c(c2)CCC(=O)N3)c1OCC(C)C. The standard InChI is InChI=1S/C24H29N3O3/c1-16(2)15-30-23-17(3)6-5-7-20(23)14-27(4)22(29)11-8-18-12-19-9-10-21(28)26-24(19)25-13-18/h5-8,11-13,16H,9-10,14-15H2,1-4H3,(H,25,26,28)/b11-8+. The number of amides is 2. The number of hydrogen-bond donors (Lipinski definition) is 1. The van der Waals surface area contributed by atoms with Crippen LogP contribution < -0.4 is 10.1 Å². The summed E-state index contributed by atoms with van der Waals surface area (Å²) in [5.41, 5.74) is 3.88. The molecule has 0 radical (unpaired) electrons. The Morgan fingerprint density at radius 1 is 1.33 bits per heavy atom. The molecule has 1 aromatic carbocycles. The summed E-state index contributed by atoms with van der Waals surface area (Å²) in [5.74, 6) is 1.79. The second kappa shape index (κ2) is 9.57. The minimum absolute atomic E-state index is 0.0111. The quantitative estimate of drug-likeness (QED) is 0.705. The lowest BCUT2D eigenvalue weighted by atomic mass is 10.0. The van der Waals surface area contributed by atoms with Gasteiger partial charge in [-0.3, -0.25) is 9.59 Å². The molecule has 0 saturated heterocycles. The molecule has 1 aliphatic heterocycles. The number of anilines is 1. The smallest absolute Gasteiger partial charge is 0.246 e. The molecule has 30 heavy (non-hydrogen) atoms. The highest BCUT2D eigenvalue weighted by atomic mass is 16.5. The second-order valence-corrected chi connectivity index (χ2v) is 8.12. The van der Waals surface area contributed by atoms with Crippen molar-refractivity contribution in [2.45, 2.75) is 40.2 Å². The third kappa shape index (κ3) is 5.47. The summed E-state index contributed by atoms with van der Waals surface area (Å²) in [6.45, 7) is 7.35. The fraction of sp³-hybridized carbons (Fsp3) is 0.375. The van der Waals surface area contributed by atoms with Gasteiger partial charge in [0, 0.05) is 37.8 Å². The van der Waals surface area contributed by atoms with Crippen LogP contribution in [0.5, 0.6) is 5.75 Å². The molecule has 0 aliphatic carbocycles. The number of nitrogens with one attached hydrogen (secondary N) is 1. The summed E-state index contributed by atoms with van der Waals surface area (Å²) in [4.78, 5) is 30.0. The Labute approximate surface area is 178 Å². The fourth-order valence-corrected chi connectivity index (χ4v) is 3.29. The molecule has 1 N–H and O–H groups in total. The topological polar surface area (TPSA) is 71.5 Å². The van der Waals surface area contributed by atoms with E-state index in [0.29, 0.717) is 37.7 Å². The van der Waals surface area contributed by atoms with Crippen LogP contribution in [0.25, 0.3) is 6.08 Å². The van der Waals surface area contributed by atoms with Gasteiger partial charge in [-0.05, 0) is 48.1 Å². The summed E-state index contributed by atoms with van der Waals surface area (Å²) in [6, 6.07) is 7.97. The number of aryl methyl sites for hydroxylation is 2. The van der Waals surface area contributed by atoms with Crippen molar-refractivity contribution < 1.29 is 14.3 Å². The van der Waals surface area contributed by atoms with Crippen molar-refractivity contribution in [3.63, 3.8) is 0 Å². The predicted octanol–water partition coefficient (Wildman–Crippen LogP) is 3.98. The summed E-state index contributed by atoms with van der Waals surface area (Å²) >= 11 is 0. The van der Waals surface area contributed by atoms with Gasteiger partial charge in [0.25, 0.3) is 0 Å². The number of carbonyl (C=O) groups is 2. The Balaban J connectivity index is 1.67. The van der Waals surface area contributed by atoms with Crippen molar-refractivity contribution in [1.29, 1.82) is 0 Å². The first-order valence-electron chi connectivity index (χ1n) is 10.3. The summed E-state index contributed by atoms with van der Waals surface area (Å²) in [6.07, 6.45) is 6.09. The van der Waals surface area contributed by atoms with Gasteiger partial charge < -0.3 is 15.0 Å². The molecule has 2 amide bonds. The van der Waals surface area contributed by atoms with Crippen molar-refractivity contribution in [3.8, 4) is 5.75 Å². The molecule has 158 valence electrons. The number of hydrogen-bond acceptors (Lipinski definition) is 4. The van der Waals surface area contributed by atoms with E-state index < -0.39 is 0 Å². The highest BCUT2D eigenvalue weighted by molar-refractivity contribution is 5.93. The lowest BCUT2D eigenvalue weighted by Gasteiger charge is -2.20. The maximum atomic E-state index is 12.6. The number of nitrogens with zero attached hydrogens (tertiary/aromatic N) is 2. The molecule has 2 heterocycles.